The predicted molar refractivity (Wildman–Crippen MR) is 62.4 cm³/mol. The number of hydrogen-bond donors (Lipinski definition) is 0. The van der Waals surface area contributed by atoms with Crippen LogP contribution in [0.3, 0.4) is 0 Å². The Bertz CT molecular complexity index is 204. The molecule has 0 rings (SSSR count). The normalized spacial score (nSPS) is 19.9. The van der Waals surface area contributed by atoms with E-state index in [0.717, 1.165) is 25.5 Å². The van der Waals surface area contributed by atoms with Crippen molar-refractivity contribution in [1.82, 2.24) is 0 Å². The molecule has 1 heteroatoms. The van der Waals surface area contributed by atoms with Crippen LogP contribution >= 0.6 is 0 Å². The van der Waals surface area contributed by atoms with Crippen LogP contribution in [0.1, 0.15) is 61.5 Å². The zero-order chi connectivity index (χ0) is 12.4. The number of carbonyl (C=O) groups excluding carboxylic acids is 1. The van der Waals surface area contributed by atoms with Crippen LogP contribution in [0.5, 0.6) is 0 Å². The Labute approximate surface area is 91.4 Å². The van der Waals surface area contributed by atoms with E-state index in [1.165, 1.54) is 0 Å². The van der Waals surface area contributed by atoms with Gasteiger partial charge in [0.1, 0.15) is 6.29 Å². The average molecular weight is 198 g/mol. The summed E-state index contributed by atoms with van der Waals surface area (Å²) >= 11 is 0. The largest absolute Gasteiger partial charge is 0.303 e. The van der Waals surface area contributed by atoms with E-state index < -0.39 is 0 Å². The van der Waals surface area contributed by atoms with Gasteiger partial charge in [0.05, 0.1) is 0 Å². The molecule has 1 nitrogen and oxygen atoms in total. The van der Waals surface area contributed by atoms with Gasteiger partial charge in [0.2, 0.25) is 0 Å². The maximum Gasteiger partial charge on any atom is 0.123 e. The fraction of sp³-hybridized carbons (Fsp3) is 0.769. The van der Waals surface area contributed by atoms with Gasteiger partial charge in [-0.1, -0.05) is 38.8 Å². The van der Waals surface area contributed by atoms with Crippen molar-refractivity contribution in [2.75, 3.05) is 0 Å². The number of allylic oxidation sites excluding steroid dienone is 2. The fourth-order valence-corrected chi connectivity index (χ4v) is 1.32. The second-order valence-electron chi connectivity index (χ2n) is 3.43. The van der Waals surface area contributed by atoms with Crippen LogP contribution in [-0.2, 0) is 4.79 Å². The average Bonchev–Trinajstić information content (AvgIpc) is 2.30. The zero-order valence-electron chi connectivity index (χ0n) is 11.4. The summed E-state index contributed by atoms with van der Waals surface area (Å²) in [5.41, 5.74) is 0. The first-order chi connectivity index (χ1) is 7.65. The molecule has 0 fully saturated rings. The van der Waals surface area contributed by atoms with E-state index >= 15 is 0 Å². The molecule has 14 heavy (non-hydrogen) atoms. The van der Waals surface area contributed by atoms with Crippen molar-refractivity contribution in [3.05, 3.63) is 12.2 Å². The van der Waals surface area contributed by atoms with Gasteiger partial charge < -0.3 is 4.79 Å². The SMILES string of the molecule is [2H]C(CCC=CCC)CC(C=O)C([2H])CC. The van der Waals surface area contributed by atoms with Crippen LogP contribution in [0.4, 0.5) is 0 Å². The number of hydrogen-bond acceptors (Lipinski definition) is 1. The highest BCUT2D eigenvalue weighted by Crippen LogP contribution is 2.13. The maximum atomic E-state index is 10.8. The van der Waals surface area contributed by atoms with E-state index in [1.807, 2.05) is 6.92 Å². The number of aldehydes is 1. The summed E-state index contributed by atoms with van der Waals surface area (Å²) in [6.07, 6.45) is 8.44. The molecule has 0 spiro atoms. The molecule has 0 aliphatic rings. The molecular formula is C13H24O. The Balaban J connectivity index is 3.86. The minimum Gasteiger partial charge on any atom is -0.303 e. The Kier molecular flexibility index (Phi) is 7.45. The summed E-state index contributed by atoms with van der Waals surface area (Å²) in [5.74, 6) is -0.261. The first-order valence-corrected chi connectivity index (χ1v) is 5.60. The van der Waals surface area contributed by atoms with Crippen molar-refractivity contribution in [3.8, 4) is 0 Å². The first kappa shape index (κ1) is 9.95. The fourth-order valence-electron chi connectivity index (χ4n) is 1.32. The van der Waals surface area contributed by atoms with Crippen LogP contribution < -0.4 is 0 Å². The van der Waals surface area contributed by atoms with E-state index in [0.29, 0.717) is 12.8 Å². The van der Waals surface area contributed by atoms with Crippen molar-refractivity contribution in [3.63, 3.8) is 0 Å². The third-order valence-corrected chi connectivity index (χ3v) is 2.09. The summed E-state index contributed by atoms with van der Waals surface area (Å²) in [5, 5.41) is 0. The van der Waals surface area contributed by atoms with Crippen molar-refractivity contribution in [2.24, 2.45) is 5.92 Å². The van der Waals surface area contributed by atoms with Gasteiger partial charge in [-0.25, -0.2) is 0 Å². The van der Waals surface area contributed by atoms with Gasteiger partial charge in [-0.15, -0.1) is 0 Å². The molecule has 0 aromatic rings. The highest BCUT2D eigenvalue weighted by atomic mass is 16.1. The van der Waals surface area contributed by atoms with Crippen LogP contribution in [0.25, 0.3) is 0 Å². The summed E-state index contributed by atoms with van der Waals surface area (Å²) < 4.78 is 15.5. The molecule has 3 atom stereocenters. The molecular weight excluding hydrogens is 172 g/mol. The summed E-state index contributed by atoms with van der Waals surface area (Å²) in [6, 6.07) is 0. The minimum atomic E-state index is -0.337. The molecule has 0 saturated carbocycles. The summed E-state index contributed by atoms with van der Waals surface area (Å²) in [4.78, 5) is 10.8. The second-order valence-corrected chi connectivity index (χ2v) is 3.43. The molecule has 0 aliphatic carbocycles. The van der Waals surface area contributed by atoms with Gasteiger partial charge in [-0.3, -0.25) is 0 Å². The quantitative estimate of drug-likeness (QED) is 0.402. The van der Waals surface area contributed by atoms with Crippen LogP contribution in [0, 0.1) is 5.92 Å². The van der Waals surface area contributed by atoms with E-state index in [9.17, 15) is 4.79 Å². The Morgan fingerprint density at radius 1 is 1.36 bits per heavy atom. The van der Waals surface area contributed by atoms with Crippen LogP contribution in [-0.4, -0.2) is 6.29 Å². The van der Waals surface area contributed by atoms with Gasteiger partial charge in [-0.05, 0) is 32.1 Å². The lowest BCUT2D eigenvalue weighted by atomic mass is 9.98. The standard InChI is InChI=1S/C13H24O/c1-3-5-6-7-8-9-11-13(12-14)10-4-2/h5-6,12-13H,3-4,7-11H2,1-2H3/i9D,10D. The smallest absolute Gasteiger partial charge is 0.123 e. The first-order valence-electron chi connectivity index (χ1n) is 6.75. The molecule has 0 radical (unpaired) electrons. The van der Waals surface area contributed by atoms with Gasteiger partial charge in [0.25, 0.3) is 0 Å². The second kappa shape index (κ2) is 10.5. The van der Waals surface area contributed by atoms with E-state index in [1.54, 1.807) is 0 Å². The number of rotatable bonds is 9. The van der Waals surface area contributed by atoms with Gasteiger partial charge in [-0.2, -0.15) is 0 Å². The highest BCUT2D eigenvalue weighted by Gasteiger charge is 2.04. The maximum absolute atomic E-state index is 10.8. The van der Waals surface area contributed by atoms with Gasteiger partial charge in [0, 0.05) is 8.66 Å². The third kappa shape index (κ3) is 8.03. The topological polar surface area (TPSA) is 17.1 Å². The van der Waals surface area contributed by atoms with Crippen LogP contribution in [0.15, 0.2) is 12.2 Å². The lowest BCUT2D eigenvalue weighted by Crippen LogP contribution is -2.00. The summed E-state index contributed by atoms with van der Waals surface area (Å²) in [6.45, 7) is 4.00. The Hall–Kier alpha value is -0.590. The van der Waals surface area contributed by atoms with Crippen LogP contribution in [0.2, 0.25) is 0 Å². The molecule has 0 aliphatic heterocycles. The van der Waals surface area contributed by atoms with E-state index in [-0.39, 0.29) is 18.7 Å². The monoisotopic (exact) mass is 198 g/mol. The molecule has 0 aromatic carbocycles. The molecule has 0 bridgehead atoms. The molecule has 0 amide bonds. The van der Waals surface area contributed by atoms with Crippen molar-refractivity contribution < 1.29 is 7.54 Å². The lowest BCUT2D eigenvalue weighted by molar-refractivity contribution is -0.111. The summed E-state index contributed by atoms with van der Waals surface area (Å²) in [7, 11) is 0. The molecule has 0 N–H and O–H groups in total. The number of carbonyl (C=O) groups is 1. The minimum absolute atomic E-state index is 0.212. The molecule has 0 aromatic heterocycles. The highest BCUT2D eigenvalue weighted by molar-refractivity contribution is 5.53. The molecule has 0 heterocycles. The van der Waals surface area contributed by atoms with E-state index in [2.05, 4.69) is 19.1 Å². The zero-order valence-corrected chi connectivity index (χ0v) is 9.41. The predicted octanol–water partition coefficient (Wildman–Crippen LogP) is 4.13. The Morgan fingerprint density at radius 2 is 2.14 bits per heavy atom. The van der Waals surface area contributed by atoms with E-state index in [4.69, 9.17) is 2.74 Å². The van der Waals surface area contributed by atoms with Gasteiger partial charge in [0.15, 0.2) is 0 Å². The van der Waals surface area contributed by atoms with Gasteiger partial charge >= 0.3 is 0 Å². The lowest BCUT2D eigenvalue weighted by Gasteiger charge is -2.06. The third-order valence-electron chi connectivity index (χ3n) is 2.09. The van der Waals surface area contributed by atoms with Crippen molar-refractivity contribution in [1.29, 1.82) is 0 Å². The molecule has 82 valence electrons. The van der Waals surface area contributed by atoms with Crippen molar-refractivity contribution in [2.45, 2.75) is 58.7 Å². The van der Waals surface area contributed by atoms with Crippen molar-refractivity contribution >= 4 is 6.29 Å². The Morgan fingerprint density at radius 3 is 2.71 bits per heavy atom. The molecule has 3 unspecified atom stereocenters. The molecule has 0 saturated heterocycles.